The van der Waals surface area contributed by atoms with Gasteiger partial charge in [0.15, 0.2) is 0 Å². The Hall–Kier alpha value is -3.28. The predicted molar refractivity (Wildman–Crippen MR) is 106 cm³/mol. The first-order valence-electron chi connectivity index (χ1n) is 9.07. The third-order valence-electron chi connectivity index (χ3n) is 4.62. The number of benzene rings is 2. The van der Waals surface area contributed by atoms with Gasteiger partial charge in [-0.05, 0) is 56.7 Å². The summed E-state index contributed by atoms with van der Waals surface area (Å²) >= 11 is 0. The number of rotatable bonds is 7. The first kappa shape index (κ1) is 19.5. The summed E-state index contributed by atoms with van der Waals surface area (Å²) < 4.78 is 16.1. The van der Waals surface area contributed by atoms with Crippen LogP contribution >= 0.6 is 0 Å². The van der Waals surface area contributed by atoms with E-state index in [0.29, 0.717) is 17.9 Å². The van der Waals surface area contributed by atoms with Gasteiger partial charge in [-0.15, -0.1) is 0 Å². The van der Waals surface area contributed by atoms with E-state index >= 15 is 0 Å². The molecule has 0 aliphatic heterocycles. The van der Waals surface area contributed by atoms with Gasteiger partial charge in [0.1, 0.15) is 23.9 Å². The summed E-state index contributed by atoms with van der Waals surface area (Å²) in [7, 11) is 1.63. The Morgan fingerprint density at radius 1 is 1.14 bits per heavy atom. The molecule has 0 saturated carbocycles. The average Bonchev–Trinajstić information content (AvgIpc) is 3.04. The van der Waals surface area contributed by atoms with Crippen LogP contribution in [-0.2, 0) is 6.61 Å². The molecule has 0 saturated heterocycles. The molecule has 0 aliphatic rings. The van der Waals surface area contributed by atoms with E-state index in [9.17, 15) is 4.79 Å². The number of aryl methyl sites for hydroxylation is 2. The monoisotopic (exact) mass is 380 g/mol. The van der Waals surface area contributed by atoms with Gasteiger partial charge in [-0.1, -0.05) is 23.4 Å². The maximum atomic E-state index is 12.6. The second-order valence-corrected chi connectivity index (χ2v) is 6.59. The zero-order chi connectivity index (χ0) is 20.1. The number of carbonyl (C=O) groups excluding carboxylic acids is 1. The summed E-state index contributed by atoms with van der Waals surface area (Å²) in [4.78, 5) is 12.6. The van der Waals surface area contributed by atoms with Crippen molar-refractivity contribution in [2.24, 2.45) is 0 Å². The number of amides is 1. The fraction of sp³-hybridized carbons (Fsp3) is 0.273. The molecular weight excluding hydrogens is 356 g/mol. The van der Waals surface area contributed by atoms with Crippen LogP contribution in [0.4, 0.5) is 0 Å². The van der Waals surface area contributed by atoms with Crippen LogP contribution in [0.3, 0.4) is 0 Å². The highest BCUT2D eigenvalue weighted by molar-refractivity contribution is 5.94. The van der Waals surface area contributed by atoms with E-state index < -0.39 is 0 Å². The maximum absolute atomic E-state index is 12.6. The number of hydrogen-bond acceptors (Lipinski definition) is 5. The molecule has 28 heavy (non-hydrogen) atoms. The minimum atomic E-state index is -0.161. The van der Waals surface area contributed by atoms with E-state index in [1.165, 1.54) is 0 Å². The third-order valence-corrected chi connectivity index (χ3v) is 4.62. The highest BCUT2D eigenvalue weighted by atomic mass is 16.5. The molecule has 1 atom stereocenters. The van der Waals surface area contributed by atoms with Gasteiger partial charge < -0.3 is 19.3 Å². The molecule has 6 heteroatoms. The fourth-order valence-electron chi connectivity index (χ4n) is 2.85. The smallest absolute Gasteiger partial charge is 0.251 e. The Labute approximate surface area is 164 Å². The lowest BCUT2D eigenvalue weighted by atomic mass is 10.1. The Kier molecular flexibility index (Phi) is 5.99. The van der Waals surface area contributed by atoms with Crippen molar-refractivity contribution in [2.75, 3.05) is 7.11 Å². The lowest BCUT2D eigenvalue weighted by molar-refractivity contribution is 0.0939. The molecule has 1 aromatic heterocycles. The van der Waals surface area contributed by atoms with Gasteiger partial charge in [-0.3, -0.25) is 4.79 Å². The van der Waals surface area contributed by atoms with Crippen LogP contribution in [0.5, 0.6) is 11.5 Å². The molecule has 1 heterocycles. The SMILES string of the molecule is COc1ccc(C(C)NC(=O)c2cccc(OCc3c(C)noc3C)c2)cc1. The van der Waals surface area contributed by atoms with Gasteiger partial charge in [0.05, 0.1) is 24.4 Å². The minimum Gasteiger partial charge on any atom is -0.497 e. The van der Waals surface area contributed by atoms with Crippen molar-refractivity contribution in [3.8, 4) is 11.5 Å². The summed E-state index contributed by atoms with van der Waals surface area (Å²) in [5.41, 5.74) is 3.26. The predicted octanol–water partition coefficient (Wildman–Crippen LogP) is 4.37. The Balaban J connectivity index is 1.64. The second kappa shape index (κ2) is 8.61. The van der Waals surface area contributed by atoms with E-state index in [1.807, 2.05) is 51.1 Å². The number of nitrogens with zero attached hydrogens (tertiary/aromatic N) is 1. The van der Waals surface area contributed by atoms with Gasteiger partial charge in [-0.2, -0.15) is 0 Å². The molecule has 0 aliphatic carbocycles. The van der Waals surface area contributed by atoms with Crippen LogP contribution < -0.4 is 14.8 Å². The lowest BCUT2D eigenvalue weighted by Gasteiger charge is -2.15. The van der Waals surface area contributed by atoms with Crippen LogP contribution in [0.25, 0.3) is 0 Å². The molecule has 1 amide bonds. The van der Waals surface area contributed by atoms with Gasteiger partial charge in [0.25, 0.3) is 5.91 Å². The van der Waals surface area contributed by atoms with Crippen molar-refractivity contribution in [3.05, 3.63) is 76.7 Å². The topological polar surface area (TPSA) is 73.6 Å². The van der Waals surface area contributed by atoms with E-state index in [2.05, 4.69) is 10.5 Å². The molecular formula is C22H24N2O4. The summed E-state index contributed by atoms with van der Waals surface area (Å²) in [5.74, 6) is 1.97. The van der Waals surface area contributed by atoms with Crippen LogP contribution in [0, 0.1) is 13.8 Å². The summed E-state index contributed by atoms with van der Waals surface area (Å²) in [6.07, 6.45) is 0. The quantitative estimate of drug-likeness (QED) is 0.659. The lowest BCUT2D eigenvalue weighted by Crippen LogP contribution is -2.26. The summed E-state index contributed by atoms with van der Waals surface area (Å²) in [5, 5.41) is 6.92. The number of carbonyl (C=O) groups is 1. The van der Waals surface area contributed by atoms with E-state index in [4.69, 9.17) is 14.0 Å². The maximum Gasteiger partial charge on any atom is 0.251 e. The van der Waals surface area contributed by atoms with Crippen molar-refractivity contribution in [2.45, 2.75) is 33.4 Å². The Bertz CT molecular complexity index is 928. The van der Waals surface area contributed by atoms with Crippen LogP contribution in [0.1, 0.15) is 45.9 Å². The Morgan fingerprint density at radius 2 is 1.89 bits per heavy atom. The minimum absolute atomic E-state index is 0.134. The Morgan fingerprint density at radius 3 is 2.54 bits per heavy atom. The zero-order valence-electron chi connectivity index (χ0n) is 16.5. The van der Waals surface area contributed by atoms with Crippen molar-refractivity contribution in [3.63, 3.8) is 0 Å². The first-order valence-corrected chi connectivity index (χ1v) is 9.07. The molecule has 6 nitrogen and oxygen atoms in total. The van der Waals surface area contributed by atoms with Crippen LogP contribution in [-0.4, -0.2) is 18.2 Å². The second-order valence-electron chi connectivity index (χ2n) is 6.59. The van der Waals surface area contributed by atoms with E-state index in [1.54, 1.807) is 25.3 Å². The number of methoxy groups -OCH3 is 1. The van der Waals surface area contributed by atoms with Gasteiger partial charge in [0, 0.05) is 5.56 Å². The van der Waals surface area contributed by atoms with Crippen molar-refractivity contribution in [1.82, 2.24) is 10.5 Å². The van der Waals surface area contributed by atoms with Gasteiger partial charge in [0.2, 0.25) is 0 Å². The summed E-state index contributed by atoms with van der Waals surface area (Å²) in [6, 6.07) is 14.6. The number of ether oxygens (including phenoxy) is 2. The van der Waals surface area contributed by atoms with Crippen LogP contribution in [0.15, 0.2) is 53.1 Å². The first-order chi connectivity index (χ1) is 13.5. The molecule has 0 radical (unpaired) electrons. The normalized spacial score (nSPS) is 11.7. The molecule has 146 valence electrons. The molecule has 0 spiro atoms. The van der Waals surface area contributed by atoms with Gasteiger partial charge in [-0.25, -0.2) is 0 Å². The molecule has 0 fully saturated rings. The molecule has 0 bridgehead atoms. The van der Waals surface area contributed by atoms with Crippen molar-refractivity contribution >= 4 is 5.91 Å². The zero-order valence-corrected chi connectivity index (χ0v) is 16.5. The van der Waals surface area contributed by atoms with Crippen LogP contribution in [0.2, 0.25) is 0 Å². The molecule has 1 N–H and O–H groups in total. The molecule has 3 rings (SSSR count). The molecule has 3 aromatic rings. The molecule has 2 aromatic carbocycles. The van der Waals surface area contributed by atoms with Crippen molar-refractivity contribution < 1.29 is 18.8 Å². The summed E-state index contributed by atoms with van der Waals surface area (Å²) in [6.45, 7) is 6.01. The number of aromatic nitrogens is 1. The third kappa shape index (κ3) is 4.52. The average molecular weight is 380 g/mol. The van der Waals surface area contributed by atoms with E-state index in [-0.39, 0.29) is 11.9 Å². The highest BCUT2D eigenvalue weighted by Crippen LogP contribution is 2.20. The van der Waals surface area contributed by atoms with Crippen molar-refractivity contribution in [1.29, 1.82) is 0 Å². The van der Waals surface area contributed by atoms with E-state index in [0.717, 1.165) is 28.3 Å². The number of hydrogen-bond donors (Lipinski definition) is 1. The fourth-order valence-corrected chi connectivity index (χ4v) is 2.85. The largest absolute Gasteiger partial charge is 0.497 e. The highest BCUT2D eigenvalue weighted by Gasteiger charge is 2.13. The standard InChI is InChI=1S/C22H24N2O4/c1-14(17-8-10-19(26-4)11-9-17)23-22(25)18-6-5-7-20(12-18)27-13-21-15(2)24-28-16(21)3/h5-12,14H,13H2,1-4H3,(H,23,25). The van der Waals surface area contributed by atoms with Gasteiger partial charge >= 0.3 is 0 Å². The molecule has 1 unspecified atom stereocenters. The number of nitrogens with one attached hydrogen (secondary N) is 1.